The Balaban J connectivity index is 2.55. The van der Waals surface area contributed by atoms with E-state index in [0.717, 1.165) is 0 Å². The summed E-state index contributed by atoms with van der Waals surface area (Å²) in [5.41, 5.74) is 1.34. The third-order valence-electron chi connectivity index (χ3n) is 2.24. The summed E-state index contributed by atoms with van der Waals surface area (Å²) in [7, 11) is 0. The van der Waals surface area contributed by atoms with E-state index in [-0.39, 0.29) is 5.57 Å². The van der Waals surface area contributed by atoms with Gasteiger partial charge in [0.2, 0.25) is 0 Å². The molecular formula is C12H10N2O2. The van der Waals surface area contributed by atoms with E-state index in [4.69, 9.17) is 5.11 Å². The third kappa shape index (κ3) is 1.72. The fraction of sp³-hybridized carbons (Fsp3) is 0. The number of nitrogens with zero attached hydrogens (tertiary/aromatic N) is 2. The van der Waals surface area contributed by atoms with Gasteiger partial charge in [-0.05, 0) is 12.1 Å². The van der Waals surface area contributed by atoms with Crippen molar-refractivity contribution in [1.82, 2.24) is 9.78 Å². The van der Waals surface area contributed by atoms with Gasteiger partial charge >= 0.3 is 5.97 Å². The summed E-state index contributed by atoms with van der Waals surface area (Å²) in [6.45, 7) is 3.55. The molecule has 16 heavy (non-hydrogen) atoms. The van der Waals surface area contributed by atoms with Crippen LogP contribution in [0.15, 0.2) is 49.3 Å². The molecule has 0 aliphatic rings. The molecule has 0 aliphatic carbocycles. The average Bonchev–Trinajstić information content (AvgIpc) is 2.81. The van der Waals surface area contributed by atoms with Gasteiger partial charge in [0.05, 0.1) is 11.3 Å². The van der Waals surface area contributed by atoms with Crippen molar-refractivity contribution in [3.05, 3.63) is 54.9 Å². The van der Waals surface area contributed by atoms with Gasteiger partial charge in [0.25, 0.3) is 0 Å². The number of carbonyl (C=O) groups is 1. The molecule has 1 heterocycles. The number of hydrogen-bond acceptors (Lipinski definition) is 2. The molecule has 0 radical (unpaired) electrons. The number of hydrogen-bond donors (Lipinski definition) is 1. The molecule has 0 aliphatic heterocycles. The summed E-state index contributed by atoms with van der Waals surface area (Å²) in [5.74, 6) is -1.03. The lowest BCUT2D eigenvalue weighted by molar-refractivity contribution is -0.130. The van der Waals surface area contributed by atoms with Crippen LogP contribution in [-0.2, 0) is 4.79 Å². The van der Waals surface area contributed by atoms with E-state index in [0.29, 0.717) is 11.3 Å². The molecule has 0 saturated carbocycles. The highest BCUT2D eigenvalue weighted by Gasteiger charge is 2.12. The Hall–Kier alpha value is -2.36. The fourth-order valence-electron chi connectivity index (χ4n) is 1.46. The molecule has 80 valence electrons. The van der Waals surface area contributed by atoms with E-state index in [1.165, 1.54) is 0 Å². The maximum atomic E-state index is 10.9. The topological polar surface area (TPSA) is 55.1 Å². The molecule has 0 fully saturated rings. The van der Waals surface area contributed by atoms with Crippen LogP contribution in [0.1, 0.15) is 5.56 Å². The number of carboxylic acids is 1. The predicted octanol–water partition coefficient (Wildman–Crippen LogP) is 1.97. The lowest BCUT2D eigenvalue weighted by Gasteiger charge is -2.08. The molecule has 1 N–H and O–H groups in total. The van der Waals surface area contributed by atoms with Gasteiger partial charge in [-0.2, -0.15) is 5.10 Å². The molecule has 0 atom stereocenters. The molecule has 4 nitrogen and oxygen atoms in total. The van der Waals surface area contributed by atoms with Crippen LogP contribution >= 0.6 is 0 Å². The molecule has 0 saturated heterocycles. The quantitative estimate of drug-likeness (QED) is 0.795. The predicted molar refractivity (Wildman–Crippen MR) is 60.2 cm³/mol. The number of benzene rings is 1. The summed E-state index contributed by atoms with van der Waals surface area (Å²) in [5, 5.41) is 13.0. The van der Waals surface area contributed by atoms with E-state index >= 15 is 0 Å². The van der Waals surface area contributed by atoms with Gasteiger partial charge in [-0.3, -0.25) is 0 Å². The van der Waals surface area contributed by atoms with Gasteiger partial charge in [-0.15, -0.1) is 0 Å². The van der Waals surface area contributed by atoms with Gasteiger partial charge in [0, 0.05) is 18.0 Å². The Morgan fingerprint density at radius 1 is 1.31 bits per heavy atom. The van der Waals surface area contributed by atoms with Crippen LogP contribution in [0.3, 0.4) is 0 Å². The summed E-state index contributed by atoms with van der Waals surface area (Å²) in [6, 6.07) is 8.90. The molecule has 0 amide bonds. The van der Waals surface area contributed by atoms with Gasteiger partial charge in [-0.1, -0.05) is 24.8 Å². The fourth-order valence-corrected chi connectivity index (χ4v) is 1.46. The van der Waals surface area contributed by atoms with E-state index in [2.05, 4.69) is 11.7 Å². The van der Waals surface area contributed by atoms with Crippen LogP contribution in [0.25, 0.3) is 11.3 Å². The third-order valence-corrected chi connectivity index (χ3v) is 2.24. The number of rotatable bonds is 3. The minimum atomic E-state index is -1.03. The maximum Gasteiger partial charge on any atom is 0.335 e. The molecule has 1 aromatic heterocycles. The summed E-state index contributed by atoms with van der Waals surface area (Å²) in [6.07, 6.45) is 3.40. The Morgan fingerprint density at radius 2 is 2.06 bits per heavy atom. The van der Waals surface area contributed by atoms with Crippen LogP contribution < -0.4 is 0 Å². The highest BCUT2D eigenvalue weighted by Crippen LogP contribution is 2.20. The number of aromatic nitrogens is 2. The average molecular weight is 214 g/mol. The lowest BCUT2D eigenvalue weighted by Crippen LogP contribution is -2.04. The van der Waals surface area contributed by atoms with E-state index in [1.54, 1.807) is 41.3 Å². The largest absolute Gasteiger partial charge is 0.478 e. The minimum absolute atomic E-state index is 0.0612. The van der Waals surface area contributed by atoms with Crippen LogP contribution in [0.4, 0.5) is 0 Å². The summed E-state index contributed by atoms with van der Waals surface area (Å²) in [4.78, 5) is 10.9. The summed E-state index contributed by atoms with van der Waals surface area (Å²) < 4.78 is 1.61. The second-order valence-electron chi connectivity index (χ2n) is 3.25. The second kappa shape index (κ2) is 4.02. The van der Waals surface area contributed by atoms with Crippen molar-refractivity contribution >= 4 is 11.5 Å². The van der Waals surface area contributed by atoms with Crippen LogP contribution in [0.2, 0.25) is 0 Å². The standard InChI is InChI=1S/C12H10N2O2/c1-9(12(15)16)10-5-2-3-6-11(10)14-8-4-7-13-14/h2-8H,1H2,(H,15,16). The smallest absolute Gasteiger partial charge is 0.335 e. The zero-order chi connectivity index (χ0) is 11.5. The van der Waals surface area contributed by atoms with Crippen molar-refractivity contribution in [1.29, 1.82) is 0 Å². The Morgan fingerprint density at radius 3 is 2.69 bits per heavy atom. The first kappa shape index (κ1) is 10.2. The maximum absolute atomic E-state index is 10.9. The Labute approximate surface area is 92.5 Å². The highest BCUT2D eigenvalue weighted by atomic mass is 16.4. The number of carboxylic acid groups (broad SMARTS) is 1. The van der Waals surface area contributed by atoms with Gasteiger partial charge < -0.3 is 5.11 Å². The lowest BCUT2D eigenvalue weighted by atomic mass is 10.1. The van der Waals surface area contributed by atoms with E-state index in [9.17, 15) is 4.79 Å². The first-order valence-corrected chi connectivity index (χ1v) is 4.72. The number of aliphatic carboxylic acids is 1. The van der Waals surface area contributed by atoms with Crippen LogP contribution in [0, 0.1) is 0 Å². The highest BCUT2D eigenvalue weighted by molar-refractivity contribution is 6.15. The molecule has 4 heteroatoms. The van der Waals surface area contributed by atoms with Crippen molar-refractivity contribution < 1.29 is 9.90 Å². The molecule has 0 bridgehead atoms. The molecule has 0 unspecified atom stereocenters. The van der Waals surface area contributed by atoms with Crippen molar-refractivity contribution in [2.75, 3.05) is 0 Å². The van der Waals surface area contributed by atoms with Crippen molar-refractivity contribution in [3.8, 4) is 5.69 Å². The number of para-hydroxylation sites is 1. The molecule has 2 rings (SSSR count). The second-order valence-corrected chi connectivity index (χ2v) is 3.25. The normalized spacial score (nSPS) is 10.0. The molecule has 0 spiro atoms. The Kier molecular flexibility index (Phi) is 2.55. The molecule has 1 aromatic carbocycles. The van der Waals surface area contributed by atoms with Gasteiger partial charge in [-0.25, -0.2) is 9.48 Å². The van der Waals surface area contributed by atoms with E-state index < -0.39 is 5.97 Å². The van der Waals surface area contributed by atoms with E-state index in [1.807, 2.05) is 6.07 Å². The molecule has 2 aromatic rings. The zero-order valence-electron chi connectivity index (χ0n) is 8.50. The van der Waals surface area contributed by atoms with Crippen LogP contribution in [0.5, 0.6) is 0 Å². The monoisotopic (exact) mass is 214 g/mol. The van der Waals surface area contributed by atoms with Gasteiger partial charge in [0.1, 0.15) is 0 Å². The summed E-state index contributed by atoms with van der Waals surface area (Å²) >= 11 is 0. The first-order valence-electron chi connectivity index (χ1n) is 4.72. The first-order chi connectivity index (χ1) is 7.70. The molecular weight excluding hydrogens is 204 g/mol. The van der Waals surface area contributed by atoms with Gasteiger partial charge in [0.15, 0.2) is 0 Å². The Bertz CT molecular complexity index is 530. The van der Waals surface area contributed by atoms with Crippen molar-refractivity contribution in [2.45, 2.75) is 0 Å². The van der Waals surface area contributed by atoms with Crippen LogP contribution in [-0.4, -0.2) is 20.9 Å². The minimum Gasteiger partial charge on any atom is -0.478 e. The zero-order valence-corrected chi connectivity index (χ0v) is 8.50. The SMILES string of the molecule is C=C(C(=O)O)c1ccccc1-n1cccn1. The van der Waals surface area contributed by atoms with Crippen molar-refractivity contribution in [3.63, 3.8) is 0 Å². The van der Waals surface area contributed by atoms with Crippen molar-refractivity contribution in [2.24, 2.45) is 0 Å².